The molecule has 0 bridgehead atoms. The highest BCUT2D eigenvalue weighted by molar-refractivity contribution is 7.92. The van der Waals surface area contributed by atoms with Crippen molar-refractivity contribution in [2.45, 2.75) is 33.0 Å². The molecule has 0 unspecified atom stereocenters. The normalized spacial score (nSPS) is 17.0. The predicted molar refractivity (Wildman–Crippen MR) is 101 cm³/mol. The van der Waals surface area contributed by atoms with E-state index < -0.39 is 27.3 Å². The second kappa shape index (κ2) is 9.26. The number of rotatable bonds is 6. The first kappa shape index (κ1) is 22.7. The predicted octanol–water partition coefficient (Wildman–Crippen LogP) is 2.81. The maximum Gasteiger partial charge on any atom is 0.416 e. The van der Waals surface area contributed by atoms with E-state index in [4.69, 9.17) is 0 Å². The minimum Gasteiger partial charge on any atom is -0.340 e. The Balaban J connectivity index is 1.90. The molecule has 1 aliphatic heterocycles. The fourth-order valence-corrected chi connectivity index (χ4v) is 4.97. The van der Waals surface area contributed by atoms with Crippen molar-refractivity contribution in [3.8, 4) is 0 Å². The molecule has 0 saturated carbocycles. The number of halogens is 3. The number of benzene rings is 1. The van der Waals surface area contributed by atoms with Crippen molar-refractivity contribution in [2.75, 3.05) is 37.7 Å². The maximum absolute atomic E-state index is 12.6. The topological polar surface area (TPSA) is 57.7 Å². The quantitative estimate of drug-likeness (QED) is 0.710. The van der Waals surface area contributed by atoms with Gasteiger partial charge in [0.1, 0.15) is 5.75 Å². The molecule has 1 fully saturated rings. The maximum atomic E-state index is 12.6. The monoisotopic (exact) mass is 420 g/mol. The van der Waals surface area contributed by atoms with E-state index >= 15 is 0 Å². The van der Waals surface area contributed by atoms with Crippen LogP contribution in [0.3, 0.4) is 0 Å². The van der Waals surface area contributed by atoms with Crippen molar-refractivity contribution < 1.29 is 26.4 Å². The van der Waals surface area contributed by atoms with Crippen LogP contribution in [-0.2, 0) is 27.4 Å². The number of hydrogen-bond donors (Lipinski definition) is 0. The minimum atomic E-state index is -4.35. The highest BCUT2D eigenvalue weighted by Gasteiger charge is 2.30. The van der Waals surface area contributed by atoms with Crippen LogP contribution < -0.4 is 0 Å². The molecule has 1 saturated heterocycles. The number of carbonyl (C=O) groups is 1. The third-order valence-corrected chi connectivity index (χ3v) is 6.42. The Bertz CT molecular complexity index is 762. The lowest BCUT2D eigenvalue weighted by molar-refractivity contribution is -0.137. The molecule has 1 amide bonds. The molecule has 1 aromatic carbocycles. The van der Waals surface area contributed by atoms with Gasteiger partial charge in [-0.05, 0) is 30.0 Å². The van der Waals surface area contributed by atoms with Crippen molar-refractivity contribution in [3.63, 3.8) is 0 Å². The molecule has 9 heteroatoms. The zero-order valence-electron chi connectivity index (χ0n) is 16.2. The lowest BCUT2D eigenvalue weighted by atomic mass is 10.1. The van der Waals surface area contributed by atoms with Crippen LogP contribution in [0.15, 0.2) is 24.3 Å². The Morgan fingerprint density at radius 2 is 1.71 bits per heavy atom. The molecule has 0 aromatic heterocycles. The summed E-state index contributed by atoms with van der Waals surface area (Å²) >= 11 is 0. The molecular weight excluding hydrogens is 393 g/mol. The van der Waals surface area contributed by atoms with Gasteiger partial charge in [-0.25, -0.2) is 8.42 Å². The molecular formula is C19H27F3N2O3S. The summed E-state index contributed by atoms with van der Waals surface area (Å²) in [5, 5.41) is 0. The summed E-state index contributed by atoms with van der Waals surface area (Å²) in [7, 11) is -3.42. The molecule has 158 valence electrons. The van der Waals surface area contributed by atoms with Gasteiger partial charge in [-0.15, -0.1) is 0 Å². The van der Waals surface area contributed by atoms with E-state index in [1.807, 2.05) is 0 Å². The summed E-state index contributed by atoms with van der Waals surface area (Å²) in [5.74, 6) is -0.880. The molecule has 28 heavy (non-hydrogen) atoms. The summed E-state index contributed by atoms with van der Waals surface area (Å²) in [6.07, 6.45) is -3.66. The van der Waals surface area contributed by atoms with Crippen molar-refractivity contribution in [3.05, 3.63) is 35.4 Å². The molecule has 1 aromatic rings. The average molecular weight is 420 g/mol. The van der Waals surface area contributed by atoms with E-state index in [9.17, 15) is 26.4 Å². The van der Waals surface area contributed by atoms with Gasteiger partial charge in [0.25, 0.3) is 0 Å². The summed E-state index contributed by atoms with van der Waals surface area (Å²) in [4.78, 5) is 16.0. The van der Waals surface area contributed by atoms with Crippen LogP contribution in [0.5, 0.6) is 0 Å². The van der Waals surface area contributed by atoms with Crippen molar-refractivity contribution >= 4 is 15.7 Å². The van der Waals surface area contributed by atoms with Crippen LogP contribution >= 0.6 is 0 Å². The second-order valence-electron chi connectivity index (χ2n) is 7.65. The molecule has 1 aliphatic rings. The van der Waals surface area contributed by atoms with Crippen molar-refractivity contribution in [1.29, 1.82) is 0 Å². The highest BCUT2D eigenvalue weighted by atomic mass is 32.2. The van der Waals surface area contributed by atoms with Gasteiger partial charge >= 0.3 is 6.18 Å². The Hall–Kier alpha value is -1.61. The Morgan fingerprint density at radius 3 is 2.29 bits per heavy atom. The molecule has 0 N–H and O–H groups in total. The number of alkyl halides is 3. The lowest BCUT2D eigenvalue weighted by Gasteiger charge is -2.22. The first-order valence-corrected chi connectivity index (χ1v) is 11.1. The van der Waals surface area contributed by atoms with Crippen LogP contribution in [0.25, 0.3) is 0 Å². The minimum absolute atomic E-state index is 0.00732. The Morgan fingerprint density at radius 1 is 1.07 bits per heavy atom. The van der Waals surface area contributed by atoms with E-state index in [1.54, 1.807) is 18.7 Å². The van der Waals surface area contributed by atoms with Gasteiger partial charge in [-0.1, -0.05) is 26.0 Å². The highest BCUT2D eigenvalue weighted by Crippen LogP contribution is 2.29. The average Bonchev–Trinajstić information content (AvgIpc) is 2.78. The number of carbonyl (C=O) groups excluding carboxylic acids is 1. The third kappa shape index (κ3) is 7.09. The van der Waals surface area contributed by atoms with Gasteiger partial charge in [-0.2, -0.15) is 13.2 Å². The zero-order chi connectivity index (χ0) is 20.9. The van der Waals surface area contributed by atoms with Gasteiger partial charge in [0.15, 0.2) is 9.84 Å². The number of nitrogens with zero attached hydrogens (tertiary/aromatic N) is 2. The van der Waals surface area contributed by atoms with Gasteiger partial charge in [0.05, 0.1) is 11.3 Å². The van der Waals surface area contributed by atoms with Crippen LogP contribution in [0.1, 0.15) is 31.4 Å². The largest absolute Gasteiger partial charge is 0.416 e. The number of amides is 1. The Labute approximate surface area is 164 Å². The van der Waals surface area contributed by atoms with Gasteiger partial charge in [-0.3, -0.25) is 9.69 Å². The van der Waals surface area contributed by atoms with Crippen LogP contribution in [-0.4, -0.2) is 61.8 Å². The SMILES string of the molecule is CC(C)CS(=O)(=O)CC(=O)N1CCCN(Cc2ccc(C(F)(F)F)cc2)CC1. The van der Waals surface area contributed by atoms with Crippen molar-refractivity contribution in [1.82, 2.24) is 9.80 Å². The Kier molecular flexibility index (Phi) is 7.50. The van der Waals surface area contributed by atoms with E-state index in [-0.39, 0.29) is 17.6 Å². The van der Waals surface area contributed by atoms with Crippen LogP contribution in [0.2, 0.25) is 0 Å². The van der Waals surface area contributed by atoms with E-state index in [1.165, 1.54) is 12.1 Å². The molecule has 0 radical (unpaired) electrons. The van der Waals surface area contributed by atoms with Gasteiger partial charge in [0, 0.05) is 32.7 Å². The van der Waals surface area contributed by atoms with Crippen LogP contribution in [0, 0.1) is 5.92 Å². The molecule has 2 rings (SSSR count). The first-order valence-electron chi connectivity index (χ1n) is 9.33. The summed E-state index contributed by atoms with van der Waals surface area (Å²) < 4.78 is 62.0. The molecule has 0 atom stereocenters. The van der Waals surface area contributed by atoms with Gasteiger partial charge < -0.3 is 4.90 Å². The second-order valence-corrected chi connectivity index (χ2v) is 9.76. The summed E-state index contributed by atoms with van der Waals surface area (Å²) in [5.41, 5.74) is 0.0961. The standard InChI is InChI=1S/C19H27F3N2O3S/c1-15(2)13-28(26,27)14-18(25)24-9-3-8-23(10-11-24)12-16-4-6-17(7-5-16)19(20,21)22/h4-7,15H,3,8-14H2,1-2H3. The number of sulfone groups is 1. The van der Waals surface area contributed by atoms with E-state index in [2.05, 4.69) is 4.90 Å². The molecule has 0 spiro atoms. The fourth-order valence-electron chi connectivity index (χ4n) is 3.28. The van der Waals surface area contributed by atoms with Gasteiger partial charge in [0.2, 0.25) is 5.91 Å². The lowest BCUT2D eigenvalue weighted by Crippen LogP contribution is -2.39. The smallest absolute Gasteiger partial charge is 0.340 e. The number of hydrogen-bond acceptors (Lipinski definition) is 4. The van der Waals surface area contributed by atoms with Crippen LogP contribution in [0.4, 0.5) is 13.2 Å². The van der Waals surface area contributed by atoms with E-state index in [0.29, 0.717) is 39.1 Å². The molecule has 5 nitrogen and oxygen atoms in total. The molecule has 1 heterocycles. The summed E-state index contributed by atoms with van der Waals surface area (Å²) in [6, 6.07) is 5.08. The summed E-state index contributed by atoms with van der Waals surface area (Å²) in [6.45, 7) is 6.24. The molecule has 0 aliphatic carbocycles. The zero-order valence-corrected chi connectivity index (χ0v) is 17.0. The third-order valence-electron chi connectivity index (χ3n) is 4.56. The first-order chi connectivity index (χ1) is 13.0. The van der Waals surface area contributed by atoms with Crippen molar-refractivity contribution in [2.24, 2.45) is 5.92 Å². The fraction of sp³-hybridized carbons (Fsp3) is 0.632. The van der Waals surface area contributed by atoms with E-state index in [0.717, 1.165) is 17.7 Å².